The molecule has 0 radical (unpaired) electrons. The molecule has 27 heavy (non-hydrogen) atoms. The van der Waals surface area contributed by atoms with Crippen LogP contribution in [0.3, 0.4) is 0 Å². The molecule has 0 saturated carbocycles. The molecule has 0 fully saturated rings. The molecule has 1 aromatic carbocycles. The third-order valence-corrected chi connectivity index (χ3v) is 4.01. The van der Waals surface area contributed by atoms with Gasteiger partial charge in [-0.15, -0.1) is 0 Å². The van der Waals surface area contributed by atoms with Crippen LogP contribution in [0.15, 0.2) is 42.9 Å². The van der Waals surface area contributed by atoms with Gasteiger partial charge in [-0.05, 0) is 23.8 Å². The van der Waals surface area contributed by atoms with Crippen LogP contribution in [0, 0.1) is 0 Å². The summed E-state index contributed by atoms with van der Waals surface area (Å²) in [4.78, 5) is 33.5. The highest BCUT2D eigenvalue weighted by molar-refractivity contribution is 5.94. The van der Waals surface area contributed by atoms with Crippen molar-refractivity contribution in [3.05, 3.63) is 65.2 Å². The predicted octanol–water partition coefficient (Wildman–Crippen LogP) is 2.17. The molecule has 0 spiro atoms. The monoisotopic (exact) mass is 376 g/mol. The largest absolute Gasteiger partial charge is 0.416 e. The summed E-state index contributed by atoms with van der Waals surface area (Å²) in [6.45, 7) is 0.581. The lowest BCUT2D eigenvalue weighted by molar-refractivity contribution is -0.137. The van der Waals surface area contributed by atoms with Crippen LogP contribution in [-0.4, -0.2) is 33.2 Å². The van der Waals surface area contributed by atoms with Gasteiger partial charge in [0, 0.05) is 24.4 Å². The van der Waals surface area contributed by atoms with Crippen LogP contribution in [0.5, 0.6) is 0 Å². The maximum atomic E-state index is 12.5. The summed E-state index contributed by atoms with van der Waals surface area (Å²) < 4.78 is 37.5. The van der Waals surface area contributed by atoms with Crippen LogP contribution in [0.1, 0.15) is 22.4 Å². The molecule has 2 aromatic rings. The van der Waals surface area contributed by atoms with Gasteiger partial charge in [-0.3, -0.25) is 9.59 Å². The number of nitrogens with one attached hydrogen (secondary N) is 1. The van der Waals surface area contributed by atoms with E-state index in [1.807, 2.05) is 0 Å². The minimum Gasteiger partial charge on any atom is -0.343 e. The van der Waals surface area contributed by atoms with E-state index in [1.165, 1.54) is 30.6 Å². The molecule has 0 aliphatic carbocycles. The van der Waals surface area contributed by atoms with E-state index in [1.54, 1.807) is 11.1 Å². The Balaban J connectivity index is 1.48. The molecule has 1 aliphatic heterocycles. The average Bonchev–Trinajstić information content (AvgIpc) is 3.08. The van der Waals surface area contributed by atoms with Crippen molar-refractivity contribution in [3.8, 4) is 0 Å². The average molecular weight is 376 g/mol. The van der Waals surface area contributed by atoms with Crippen molar-refractivity contribution in [2.45, 2.75) is 19.3 Å². The van der Waals surface area contributed by atoms with E-state index in [-0.39, 0.29) is 12.5 Å². The summed E-state index contributed by atoms with van der Waals surface area (Å²) in [5.41, 5.74) is 1.34. The second-order valence-corrected chi connectivity index (χ2v) is 5.92. The van der Waals surface area contributed by atoms with E-state index in [4.69, 9.17) is 0 Å². The Hall–Kier alpha value is -3.23. The summed E-state index contributed by atoms with van der Waals surface area (Å²) in [5, 5.41) is 2.46. The summed E-state index contributed by atoms with van der Waals surface area (Å²) >= 11 is 0. The number of carbonyl (C=O) groups is 2. The normalized spacial score (nSPS) is 13.7. The first kappa shape index (κ1) is 18.6. The number of fused-ring (bicyclic) bond motifs is 1. The third kappa shape index (κ3) is 4.69. The number of aromatic nitrogens is 2. The summed E-state index contributed by atoms with van der Waals surface area (Å²) in [5.74, 6) is -0.774. The maximum absolute atomic E-state index is 12.5. The third-order valence-electron chi connectivity index (χ3n) is 4.01. The van der Waals surface area contributed by atoms with Gasteiger partial charge < -0.3 is 10.2 Å². The van der Waals surface area contributed by atoms with E-state index in [2.05, 4.69) is 15.3 Å². The van der Waals surface area contributed by atoms with E-state index in [0.29, 0.717) is 18.7 Å². The van der Waals surface area contributed by atoms with E-state index < -0.39 is 17.6 Å². The number of carbonyl (C=O) groups excluding carboxylic acids is 2. The van der Waals surface area contributed by atoms with Gasteiger partial charge in [0.2, 0.25) is 11.8 Å². The number of amides is 2. The maximum Gasteiger partial charge on any atom is 0.416 e. The molecule has 1 N–H and O–H groups in total. The number of rotatable bonds is 4. The van der Waals surface area contributed by atoms with Crippen molar-refractivity contribution >= 4 is 17.9 Å². The van der Waals surface area contributed by atoms with Crippen molar-refractivity contribution in [2.24, 2.45) is 0 Å². The molecule has 140 valence electrons. The fourth-order valence-electron chi connectivity index (χ4n) is 2.57. The topological polar surface area (TPSA) is 75.2 Å². The quantitative estimate of drug-likeness (QED) is 0.830. The minimum absolute atomic E-state index is 0.183. The SMILES string of the molecule is O=C(/C=C/c1ccc(C(F)(F)F)cc1)NCC(=O)N1Cc2cncnc2C1. The highest BCUT2D eigenvalue weighted by Crippen LogP contribution is 2.29. The Morgan fingerprint density at radius 2 is 1.93 bits per heavy atom. The van der Waals surface area contributed by atoms with Crippen LogP contribution < -0.4 is 5.32 Å². The molecule has 0 bridgehead atoms. The molecule has 0 saturated heterocycles. The van der Waals surface area contributed by atoms with E-state index >= 15 is 0 Å². The molecule has 2 amide bonds. The zero-order chi connectivity index (χ0) is 19.4. The molecule has 2 heterocycles. The van der Waals surface area contributed by atoms with Crippen molar-refractivity contribution in [1.82, 2.24) is 20.2 Å². The standard InChI is InChI=1S/C18H15F3N4O2/c19-18(20,21)14-4-1-12(2-5-14)3-6-16(26)23-8-17(27)25-9-13-7-22-11-24-15(13)10-25/h1-7,11H,8-10H2,(H,23,26)/b6-3+. The fourth-order valence-corrected chi connectivity index (χ4v) is 2.57. The number of benzene rings is 1. The number of hydrogen-bond acceptors (Lipinski definition) is 4. The molecule has 3 rings (SSSR count). The summed E-state index contributed by atoms with van der Waals surface area (Å²) in [6, 6.07) is 4.41. The Morgan fingerprint density at radius 1 is 1.19 bits per heavy atom. The first-order valence-corrected chi connectivity index (χ1v) is 8.01. The Bertz CT molecular complexity index is 854. The summed E-state index contributed by atoms with van der Waals surface area (Å²) in [6.07, 6.45) is 1.21. The molecule has 9 heteroatoms. The first-order chi connectivity index (χ1) is 12.8. The zero-order valence-corrected chi connectivity index (χ0v) is 14.0. The fraction of sp³-hybridized carbons (Fsp3) is 0.222. The first-order valence-electron chi connectivity index (χ1n) is 8.01. The molecular formula is C18H15F3N4O2. The molecular weight excluding hydrogens is 361 g/mol. The van der Waals surface area contributed by atoms with E-state index in [9.17, 15) is 22.8 Å². The Morgan fingerprint density at radius 3 is 2.59 bits per heavy atom. The zero-order valence-electron chi connectivity index (χ0n) is 14.0. The van der Waals surface area contributed by atoms with Crippen molar-refractivity contribution in [3.63, 3.8) is 0 Å². The van der Waals surface area contributed by atoms with Gasteiger partial charge in [-0.25, -0.2) is 9.97 Å². The van der Waals surface area contributed by atoms with Crippen LogP contribution in [-0.2, 0) is 28.9 Å². The Labute approximate surface area is 152 Å². The predicted molar refractivity (Wildman–Crippen MR) is 89.8 cm³/mol. The van der Waals surface area contributed by atoms with Gasteiger partial charge in [-0.2, -0.15) is 13.2 Å². The van der Waals surface area contributed by atoms with Crippen LogP contribution in [0.2, 0.25) is 0 Å². The molecule has 1 aliphatic rings. The molecule has 0 atom stereocenters. The molecule has 6 nitrogen and oxygen atoms in total. The second kappa shape index (κ2) is 7.56. The van der Waals surface area contributed by atoms with Gasteiger partial charge in [0.25, 0.3) is 0 Å². The van der Waals surface area contributed by atoms with Gasteiger partial charge in [0.05, 0.1) is 24.3 Å². The van der Waals surface area contributed by atoms with Crippen LogP contribution in [0.4, 0.5) is 13.2 Å². The Kier molecular flexibility index (Phi) is 5.20. The molecule has 1 aromatic heterocycles. The van der Waals surface area contributed by atoms with E-state index in [0.717, 1.165) is 23.4 Å². The number of nitrogens with zero attached hydrogens (tertiary/aromatic N) is 3. The van der Waals surface area contributed by atoms with Crippen LogP contribution >= 0.6 is 0 Å². The minimum atomic E-state index is -4.40. The highest BCUT2D eigenvalue weighted by Gasteiger charge is 2.29. The second-order valence-electron chi connectivity index (χ2n) is 5.92. The summed E-state index contributed by atoms with van der Waals surface area (Å²) in [7, 11) is 0. The van der Waals surface area contributed by atoms with Crippen molar-refractivity contribution < 1.29 is 22.8 Å². The smallest absolute Gasteiger partial charge is 0.343 e. The van der Waals surface area contributed by atoms with Crippen molar-refractivity contribution in [1.29, 1.82) is 0 Å². The van der Waals surface area contributed by atoms with Gasteiger partial charge in [0.15, 0.2) is 0 Å². The van der Waals surface area contributed by atoms with Crippen molar-refractivity contribution in [2.75, 3.05) is 6.54 Å². The lowest BCUT2D eigenvalue weighted by Crippen LogP contribution is -2.36. The van der Waals surface area contributed by atoms with Crippen LogP contribution in [0.25, 0.3) is 6.08 Å². The molecule has 0 unspecified atom stereocenters. The van der Waals surface area contributed by atoms with Gasteiger partial charge >= 0.3 is 6.18 Å². The van der Waals surface area contributed by atoms with Gasteiger partial charge in [-0.1, -0.05) is 12.1 Å². The van der Waals surface area contributed by atoms with Gasteiger partial charge in [0.1, 0.15) is 6.33 Å². The lowest BCUT2D eigenvalue weighted by atomic mass is 10.1. The number of alkyl halides is 3. The number of hydrogen-bond donors (Lipinski definition) is 1. The number of halogens is 3. The highest BCUT2D eigenvalue weighted by atomic mass is 19.4. The lowest BCUT2D eigenvalue weighted by Gasteiger charge is -2.14.